The number of nitrogens with one attached hydrogen (secondary N) is 2. The maximum Gasteiger partial charge on any atom is 0.213 e. The zero-order chi connectivity index (χ0) is 22.2. The third-order valence-corrected chi connectivity index (χ3v) is 6.19. The molecule has 1 aliphatic heterocycles. The van der Waals surface area contributed by atoms with Crippen LogP contribution in [0, 0.1) is 5.92 Å². The Morgan fingerprint density at radius 2 is 1.94 bits per heavy atom. The Morgan fingerprint density at radius 1 is 1.16 bits per heavy atom. The summed E-state index contributed by atoms with van der Waals surface area (Å²) in [6.07, 6.45) is 6.87. The summed E-state index contributed by atoms with van der Waals surface area (Å²) in [5.74, 6) is 3.10. The lowest BCUT2D eigenvalue weighted by atomic mass is 10.1. The minimum atomic E-state index is 0.297. The molecule has 4 rings (SSSR count). The second-order valence-electron chi connectivity index (χ2n) is 8.60. The zero-order valence-electron chi connectivity index (χ0n) is 19.2. The molecule has 0 amide bonds. The van der Waals surface area contributed by atoms with Crippen molar-refractivity contribution in [1.29, 1.82) is 0 Å². The Morgan fingerprint density at radius 3 is 2.62 bits per heavy atom. The number of rotatable bonds is 10. The number of aromatic nitrogens is 1. The highest BCUT2D eigenvalue weighted by atomic mass is 16.5. The van der Waals surface area contributed by atoms with Crippen molar-refractivity contribution in [2.45, 2.75) is 38.3 Å². The van der Waals surface area contributed by atoms with Gasteiger partial charge >= 0.3 is 0 Å². The number of ether oxygens (including phenoxy) is 2. The number of guanidine groups is 1. The Bertz CT molecular complexity index is 876. The van der Waals surface area contributed by atoms with Gasteiger partial charge in [-0.1, -0.05) is 12.1 Å². The van der Waals surface area contributed by atoms with E-state index in [2.05, 4.69) is 37.6 Å². The Labute approximate surface area is 191 Å². The first-order valence-electron chi connectivity index (χ1n) is 11.7. The van der Waals surface area contributed by atoms with E-state index in [1.165, 1.54) is 31.2 Å². The van der Waals surface area contributed by atoms with Gasteiger partial charge in [0.15, 0.2) is 5.96 Å². The smallest absolute Gasteiger partial charge is 0.213 e. The lowest BCUT2D eigenvalue weighted by molar-refractivity contribution is 0.245. The molecule has 7 heteroatoms. The van der Waals surface area contributed by atoms with Crippen LogP contribution >= 0.6 is 0 Å². The van der Waals surface area contributed by atoms with E-state index >= 15 is 0 Å². The summed E-state index contributed by atoms with van der Waals surface area (Å²) >= 11 is 0. The first kappa shape index (κ1) is 22.4. The fraction of sp³-hybridized carbons (Fsp3) is 0.520. The second-order valence-corrected chi connectivity index (χ2v) is 8.60. The fourth-order valence-electron chi connectivity index (χ4n) is 4.06. The maximum atomic E-state index is 5.81. The molecular formula is C25H35N5O2. The number of methoxy groups -OCH3 is 1. The minimum Gasteiger partial charge on any atom is -0.497 e. The predicted octanol–water partition coefficient (Wildman–Crippen LogP) is 3.38. The molecular weight excluding hydrogens is 402 g/mol. The molecule has 1 aliphatic carbocycles. The number of likely N-dealkylation sites (tertiary alicyclic amines) is 1. The predicted molar refractivity (Wildman–Crippen MR) is 127 cm³/mol. The normalized spacial score (nSPS) is 17.8. The highest BCUT2D eigenvalue weighted by Gasteiger charge is 2.24. The molecule has 1 atom stereocenters. The molecule has 2 aromatic rings. The van der Waals surface area contributed by atoms with Gasteiger partial charge in [0, 0.05) is 32.4 Å². The zero-order valence-corrected chi connectivity index (χ0v) is 19.2. The van der Waals surface area contributed by atoms with Crippen LogP contribution in [-0.4, -0.2) is 56.2 Å². The quantitative estimate of drug-likeness (QED) is 0.439. The van der Waals surface area contributed by atoms with Gasteiger partial charge < -0.3 is 20.1 Å². The van der Waals surface area contributed by atoms with Crippen LogP contribution in [0.4, 0.5) is 0 Å². The number of aliphatic imine (C=N–C) groups is 1. The van der Waals surface area contributed by atoms with E-state index in [4.69, 9.17) is 9.47 Å². The van der Waals surface area contributed by atoms with Crippen LogP contribution in [-0.2, 0) is 6.54 Å². The third-order valence-electron chi connectivity index (χ3n) is 6.19. The SMILES string of the molecule is CN=C(NCc1ccnc(OCC2CC2)c1)NCC(c1ccc(OC)cc1)N1CCCC1. The summed E-state index contributed by atoms with van der Waals surface area (Å²) in [6.45, 7) is 4.49. The molecule has 1 aromatic heterocycles. The largest absolute Gasteiger partial charge is 0.497 e. The summed E-state index contributed by atoms with van der Waals surface area (Å²) in [5, 5.41) is 6.95. The summed E-state index contributed by atoms with van der Waals surface area (Å²) in [5.41, 5.74) is 2.42. The van der Waals surface area contributed by atoms with Gasteiger partial charge in [-0.2, -0.15) is 0 Å². The van der Waals surface area contributed by atoms with Gasteiger partial charge in [0.05, 0.1) is 19.8 Å². The van der Waals surface area contributed by atoms with Crippen molar-refractivity contribution >= 4 is 5.96 Å². The first-order valence-corrected chi connectivity index (χ1v) is 11.7. The lowest BCUT2D eigenvalue weighted by Crippen LogP contribution is -2.42. The van der Waals surface area contributed by atoms with Crippen LogP contribution in [0.5, 0.6) is 11.6 Å². The molecule has 1 saturated carbocycles. The third kappa shape index (κ3) is 6.36. The number of hydrogen-bond donors (Lipinski definition) is 2. The Hall–Kier alpha value is -2.80. The standard InChI is InChI=1S/C25H35N5O2/c1-26-25(28-16-20-11-12-27-24(15-20)32-18-19-5-6-19)29-17-23(30-13-3-4-14-30)21-7-9-22(31-2)10-8-21/h7-12,15,19,23H,3-6,13-14,16-18H2,1-2H3,(H2,26,28,29). The monoisotopic (exact) mass is 437 g/mol. The maximum absolute atomic E-state index is 5.81. The second kappa shape index (κ2) is 11.2. The van der Waals surface area contributed by atoms with Crippen molar-refractivity contribution in [3.63, 3.8) is 0 Å². The van der Waals surface area contributed by atoms with Gasteiger partial charge in [-0.15, -0.1) is 0 Å². The van der Waals surface area contributed by atoms with Crippen molar-refractivity contribution in [3.8, 4) is 11.6 Å². The molecule has 2 aliphatic rings. The van der Waals surface area contributed by atoms with Crippen molar-refractivity contribution in [3.05, 3.63) is 53.7 Å². The average molecular weight is 438 g/mol. The molecule has 1 aromatic carbocycles. The number of hydrogen-bond acceptors (Lipinski definition) is 5. The van der Waals surface area contributed by atoms with Gasteiger partial charge in [-0.3, -0.25) is 9.89 Å². The number of nitrogens with zero attached hydrogens (tertiary/aromatic N) is 3. The van der Waals surface area contributed by atoms with E-state index in [1.54, 1.807) is 7.11 Å². The van der Waals surface area contributed by atoms with Crippen LogP contribution in [0.2, 0.25) is 0 Å². The topological polar surface area (TPSA) is 71.0 Å². The number of pyridine rings is 1. The van der Waals surface area contributed by atoms with E-state index in [0.29, 0.717) is 18.5 Å². The number of benzene rings is 1. The Kier molecular flexibility index (Phi) is 7.82. The summed E-state index contributed by atoms with van der Waals surface area (Å²) in [6, 6.07) is 12.7. The van der Waals surface area contributed by atoms with Gasteiger partial charge in [0.2, 0.25) is 5.88 Å². The molecule has 0 radical (unpaired) electrons. The van der Waals surface area contributed by atoms with E-state index in [1.807, 2.05) is 37.5 Å². The summed E-state index contributed by atoms with van der Waals surface area (Å²) < 4.78 is 11.1. The van der Waals surface area contributed by atoms with Crippen molar-refractivity contribution in [2.24, 2.45) is 10.9 Å². The molecule has 0 spiro atoms. The molecule has 2 N–H and O–H groups in total. The van der Waals surface area contributed by atoms with Crippen LogP contribution in [0.15, 0.2) is 47.6 Å². The van der Waals surface area contributed by atoms with E-state index in [9.17, 15) is 0 Å². The summed E-state index contributed by atoms with van der Waals surface area (Å²) in [7, 11) is 3.51. The van der Waals surface area contributed by atoms with Crippen LogP contribution < -0.4 is 20.1 Å². The highest BCUT2D eigenvalue weighted by molar-refractivity contribution is 5.79. The van der Waals surface area contributed by atoms with Crippen LogP contribution in [0.3, 0.4) is 0 Å². The molecule has 0 bridgehead atoms. The lowest BCUT2D eigenvalue weighted by Gasteiger charge is -2.29. The first-order chi connectivity index (χ1) is 15.7. The molecule has 2 fully saturated rings. The Balaban J connectivity index is 1.32. The molecule has 172 valence electrons. The molecule has 1 saturated heterocycles. The van der Waals surface area contributed by atoms with Gasteiger partial charge in [0.1, 0.15) is 5.75 Å². The van der Waals surface area contributed by atoms with Gasteiger partial charge in [0.25, 0.3) is 0 Å². The minimum absolute atomic E-state index is 0.297. The van der Waals surface area contributed by atoms with E-state index in [0.717, 1.165) is 49.4 Å². The van der Waals surface area contributed by atoms with E-state index in [-0.39, 0.29) is 0 Å². The van der Waals surface area contributed by atoms with Gasteiger partial charge in [-0.05, 0) is 74.0 Å². The highest BCUT2D eigenvalue weighted by Crippen LogP contribution is 2.29. The molecule has 32 heavy (non-hydrogen) atoms. The molecule has 7 nitrogen and oxygen atoms in total. The summed E-state index contributed by atoms with van der Waals surface area (Å²) in [4.78, 5) is 11.3. The van der Waals surface area contributed by atoms with Crippen LogP contribution in [0.25, 0.3) is 0 Å². The van der Waals surface area contributed by atoms with E-state index < -0.39 is 0 Å². The van der Waals surface area contributed by atoms with Gasteiger partial charge in [-0.25, -0.2) is 4.98 Å². The average Bonchev–Trinajstić information content (AvgIpc) is 3.52. The molecule has 2 heterocycles. The molecule has 1 unspecified atom stereocenters. The fourth-order valence-corrected chi connectivity index (χ4v) is 4.06. The van der Waals surface area contributed by atoms with Crippen LogP contribution in [0.1, 0.15) is 42.9 Å². The van der Waals surface area contributed by atoms with Crippen molar-refractivity contribution in [2.75, 3.05) is 40.4 Å². The van der Waals surface area contributed by atoms with Crippen molar-refractivity contribution in [1.82, 2.24) is 20.5 Å². The van der Waals surface area contributed by atoms with Crippen molar-refractivity contribution < 1.29 is 9.47 Å².